The second kappa shape index (κ2) is 5.77. The van der Waals surface area contributed by atoms with Crippen LogP contribution in [0.25, 0.3) is 0 Å². The molecule has 0 bridgehead atoms. The molecule has 0 aliphatic carbocycles. The standard InChI is InChI=1S/C15H19N3O2/c1-10(2)18-7-6-11(17-18)8-15(19)13-9-12(20-3)4-5-14(13)16/h4-7,9-10H,8,16H2,1-3H3. The quantitative estimate of drug-likeness (QED) is 0.671. The van der Waals surface area contributed by atoms with Crippen molar-refractivity contribution < 1.29 is 9.53 Å². The normalized spacial score (nSPS) is 10.8. The van der Waals surface area contributed by atoms with Crippen LogP contribution >= 0.6 is 0 Å². The highest BCUT2D eigenvalue weighted by molar-refractivity contribution is 6.02. The van der Waals surface area contributed by atoms with Crippen molar-refractivity contribution in [1.82, 2.24) is 9.78 Å². The number of nitrogens with two attached hydrogens (primary N) is 1. The Bertz CT molecular complexity index is 617. The molecule has 0 saturated carbocycles. The number of hydrogen-bond donors (Lipinski definition) is 1. The second-order valence-corrected chi connectivity index (χ2v) is 4.93. The molecule has 1 aromatic carbocycles. The zero-order chi connectivity index (χ0) is 14.7. The number of rotatable bonds is 5. The number of carbonyl (C=O) groups excluding carboxylic acids is 1. The summed E-state index contributed by atoms with van der Waals surface area (Å²) in [6, 6.07) is 7.21. The van der Waals surface area contributed by atoms with Crippen molar-refractivity contribution in [1.29, 1.82) is 0 Å². The molecule has 1 aromatic heterocycles. The first-order valence-corrected chi connectivity index (χ1v) is 6.52. The van der Waals surface area contributed by atoms with E-state index in [4.69, 9.17) is 10.5 Å². The molecule has 0 saturated heterocycles. The van der Waals surface area contributed by atoms with Crippen molar-refractivity contribution in [2.75, 3.05) is 12.8 Å². The molecule has 0 aliphatic rings. The van der Waals surface area contributed by atoms with Gasteiger partial charge < -0.3 is 10.5 Å². The summed E-state index contributed by atoms with van der Waals surface area (Å²) in [7, 11) is 1.56. The van der Waals surface area contributed by atoms with Gasteiger partial charge in [0, 0.05) is 23.5 Å². The molecule has 1 heterocycles. The van der Waals surface area contributed by atoms with Crippen LogP contribution in [0.2, 0.25) is 0 Å². The second-order valence-electron chi connectivity index (χ2n) is 4.93. The van der Waals surface area contributed by atoms with Gasteiger partial charge >= 0.3 is 0 Å². The molecule has 5 nitrogen and oxygen atoms in total. The Kier molecular flexibility index (Phi) is 4.08. The molecule has 0 spiro atoms. The highest BCUT2D eigenvalue weighted by atomic mass is 16.5. The summed E-state index contributed by atoms with van der Waals surface area (Å²) in [5.41, 5.74) is 7.52. The Morgan fingerprint density at radius 3 is 2.75 bits per heavy atom. The van der Waals surface area contributed by atoms with Crippen molar-refractivity contribution in [3.8, 4) is 5.75 Å². The number of benzene rings is 1. The lowest BCUT2D eigenvalue weighted by Crippen LogP contribution is -2.09. The number of nitrogens with zero attached hydrogens (tertiary/aromatic N) is 2. The predicted molar refractivity (Wildman–Crippen MR) is 78.1 cm³/mol. The molecule has 2 aromatic rings. The third-order valence-electron chi connectivity index (χ3n) is 3.10. The molecular weight excluding hydrogens is 254 g/mol. The Morgan fingerprint density at radius 1 is 1.40 bits per heavy atom. The van der Waals surface area contributed by atoms with Gasteiger partial charge in [0.15, 0.2) is 5.78 Å². The van der Waals surface area contributed by atoms with E-state index in [1.54, 1.807) is 25.3 Å². The van der Waals surface area contributed by atoms with E-state index < -0.39 is 0 Å². The fraction of sp³-hybridized carbons (Fsp3) is 0.333. The van der Waals surface area contributed by atoms with E-state index in [0.717, 1.165) is 5.69 Å². The lowest BCUT2D eigenvalue weighted by atomic mass is 10.0. The number of ketones is 1. The van der Waals surface area contributed by atoms with Gasteiger partial charge in [-0.3, -0.25) is 9.48 Å². The molecule has 106 valence electrons. The van der Waals surface area contributed by atoms with Gasteiger partial charge in [0.25, 0.3) is 0 Å². The summed E-state index contributed by atoms with van der Waals surface area (Å²) < 4.78 is 6.95. The number of nitrogen functional groups attached to an aromatic ring is 1. The first-order chi connectivity index (χ1) is 9.51. The molecule has 2 N–H and O–H groups in total. The maximum atomic E-state index is 12.3. The fourth-order valence-electron chi connectivity index (χ4n) is 1.92. The highest BCUT2D eigenvalue weighted by Gasteiger charge is 2.14. The molecule has 0 radical (unpaired) electrons. The van der Waals surface area contributed by atoms with Crippen LogP contribution in [-0.4, -0.2) is 22.7 Å². The van der Waals surface area contributed by atoms with E-state index in [9.17, 15) is 4.79 Å². The minimum atomic E-state index is -0.0598. The topological polar surface area (TPSA) is 70.1 Å². The summed E-state index contributed by atoms with van der Waals surface area (Å²) in [5.74, 6) is 0.561. The molecule has 0 aliphatic heterocycles. The third kappa shape index (κ3) is 2.99. The molecule has 0 amide bonds. The lowest BCUT2D eigenvalue weighted by Gasteiger charge is -2.07. The molecule has 0 atom stereocenters. The van der Waals surface area contributed by atoms with Gasteiger partial charge in [-0.1, -0.05) is 0 Å². The van der Waals surface area contributed by atoms with Gasteiger partial charge in [-0.25, -0.2) is 0 Å². The number of carbonyl (C=O) groups is 1. The van der Waals surface area contributed by atoms with Gasteiger partial charge in [-0.05, 0) is 38.1 Å². The van der Waals surface area contributed by atoms with Crippen molar-refractivity contribution >= 4 is 11.5 Å². The van der Waals surface area contributed by atoms with Crippen molar-refractivity contribution in [2.24, 2.45) is 0 Å². The van der Waals surface area contributed by atoms with Crippen LogP contribution in [0.3, 0.4) is 0 Å². The summed E-state index contributed by atoms with van der Waals surface area (Å²) >= 11 is 0. The fourth-order valence-corrected chi connectivity index (χ4v) is 1.92. The minimum absolute atomic E-state index is 0.0598. The zero-order valence-corrected chi connectivity index (χ0v) is 12.0. The summed E-state index contributed by atoms with van der Waals surface area (Å²) in [5, 5.41) is 4.37. The highest BCUT2D eigenvalue weighted by Crippen LogP contribution is 2.21. The summed E-state index contributed by atoms with van der Waals surface area (Å²) in [6.45, 7) is 4.08. The van der Waals surface area contributed by atoms with Gasteiger partial charge in [0.1, 0.15) is 5.75 Å². The number of hydrogen-bond acceptors (Lipinski definition) is 4. The minimum Gasteiger partial charge on any atom is -0.497 e. The zero-order valence-electron chi connectivity index (χ0n) is 12.0. The number of ether oxygens (including phenoxy) is 1. The smallest absolute Gasteiger partial charge is 0.171 e. The third-order valence-corrected chi connectivity index (χ3v) is 3.10. The molecule has 0 unspecified atom stereocenters. The van der Waals surface area contributed by atoms with Crippen LogP contribution in [0.4, 0.5) is 5.69 Å². The molecule has 2 rings (SSSR count). The van der Waals surface area contributed by atoms with Gasteiger partial charge in [-0.15, -0.1) is 0 Å². The number of anilines is 1. The number of Topliss-reactive ketones (excluding diaryl/α,β-unsaturated/α-hetero) is 1. The monoisotopic (exact) mass is 273 g/mol. The van der Waals surface area contributed by atoms with E-state index in [2.05, 4.69) is 5.10 Å². The Hall–Kier alpha value is -2.30. The summed E-state index contributed by atoms with van der Waals surface area (Å²) in [6.07, 6.45) is 2.11. The molecule has 0 fully saturated rings. The Morgan fingerprint density at radius 2 is 2.15 bits per heavy atom. The van der Waals surface area contributed by atoms with E-state index >= 15 is 0 Å². The first-order valence-electron chi connectivity index (χ1n) is 6.52. The van der Waals surface area contributed by atoms with E-state index in [1.807, 2.05) is 30.8 Å². The first kappa shape index (κ1) is 14.1. The van der Waals surface area contributed by atoms with Gasteiger partial charge in [0.05, 0.1) is 19.2 Å². The van der Waals surface area contributed by atoms with Crippen LogP contribution in [0.1, 0.15) is 35.9 Å². The lowest BCUT2D eigenvalue weighted by molar-refractivity contribution is 0.0992. The van der Waals surface area contributed by atoms with Crippen LogP contribution in [-0.2, 0) is 6.42 Å². The van der Waals surface area contributed by atoms with E-state index in [1.165, 1.54) is 0 Å². The Labute approximate surface area is 118 Å². The number of aromatic nitrogens is 2. The summed E-state index contributed by atoms with van der Waals surface area (Å²) in [4.78, 5) is 12.3. The number of methoxy groups -OCH3 is 1. The molecule has 5 heteroatoms. The SMILES string of the molecule is COc1ccc(N)c(C(=O)Cc2ccn(C(C)C)n2)c1. The Balaban J connectivity index is 2.19. The van der Waals surface area contributed by atoms with Crippen LogP contribution in [0.15, 0.2) is 30.5 Å². The average molecular weight is 273 g/mol. The predicted octanol–water partition coefficient (Wildman–Crippen LogP) is 2.48. The van der Waals surface area contributed by atoms with Crippen molar-refractivity contribution in [3.05, 3.63) is 41.7 Å². The van der Waals surface area contributed by atoms with Crippen molar-refractivity contribution in [3.63, 3.8) is 0 Å². The largest absolute Gasteiger partial charge is 0.497 e. The van der Waals surface area contributed by atoms with Crippen LogP contribution in [0.5, 0.6) is 5.75 Å². The van der Waals surface area contributed by atoms with E-state index in [-0.39, 0.29) is 18.2 Å². The molecular formula is C15H19N3O2. The average Bonchev–Trinajstić information content (AvgIpc) is 2.88. The van der Waals surface area contributed by atoms with Gasteiger partial charge in [0.2, 0.25) is 0 Å². The maximum Gasteiger partial charge on any atom is 0.171 e. The van der Waals surface area contributed by atoms with Crippen molar-refractivity contribution in [2.45, 2.75) is 26.3 Å². The van der Waals surface area contributed by atoms with Gasteiger partial charge in [-0.2, -0.15) is 5.10 Å². The maximum absolute atomic E-state index is 12.3. The van der Waals surface area contributed by atoms with E-state index in [0.29, 0.717) is 17.0 Å². The molecule has 20 heavy (non-hydrogen) atoms. The van der Waals surface area contributed by atoms with Crippen LogP contribution < -0.4 is 10.5 Å². The van der Waals surface area contributed by atoms with Crippen LogP contribution in [0, 0.1) is 0 Å².